The zero-order valence-electron chi connectivity index (χ0n) is 10.2. The van der Waals surface area contributed by atoms with Gasteiger partial charge in [0.25, 0.3) is 0 Å². The van der Waals surface area contributed by atoms with Crippen molar-refractivity contribution in [2.75, 3.05) is 5.32 Å². The van der Waals surface area contributed by atoms with Gasteiger partial charge in [-0.3, -0.25) is 4.79 Å². The number of anilines is 1. The number of rotatable bonds is 5. The van der Waals surface area contributed by atoms with E-state index in [4.69, 9.17) is 10.8 Å². The molecular formula is C13H15FN2O3. The number of nitrogens with one attached hydrogen (secondary N) is 1. The Morgan fingerprint density at radius 1 is 1.47 bits per heavy atom. The molecule has 19 heavy (non-hydrogen) atoms. The summed E-state index contributed by atoms with van der Waals surface area (Å²) in [6.07, 6.45) is 2.28. The molecule has 102 valence electrons. The van der Waals surface area contributed by atoms with E-state index in [1.165, 1.54) is 6.07 Å². The van der Waals surface area contributed by atoms with E-state index in [9.17, 15) is 14.0 Å². The predicted molar refractivity (Wildman–Crippen MR) is 67.3 cm³/mol. The second kappa shape index (κ2) is 5.36. The van der Waals surface area contributed by atoms with Crippen LogP contribution in [-0.4, -0.2) is 23.0 Å². The third-order valence-electron chi connectivity index (χ3n) is 3.13. The monoisotopic (exact) mass is 266 g/mol. The van der Waals surface area contributed by atoms with E-state index in [0.717, 1.165) is 25.0 Å². The van der Waals surface area contributed by atoms with Crippen LogP contribution in [0.25, 0.3) is 0 Å². The lowest BCUT2D eigenvalue weighted by Crippen LogP contribution is -2.28. The summed E-state index contributed by atoms with van der Waals surface area (Å²) in [5.74, 6) is -2.08. The molecule has 1 aromatic rings. The molecule has 0 saturated heterocycles. The number of carboxylic acid groups (broad SMARTS) is 1. The van der Waals surface area contributed by atoms with Crippen LogP contribution in [0.5, 0.6) is 0 Å². The summed E-state index contributed by atoms with van der Waals surface area (Å²) in [4.78, 5) is 22.5. The number of amides is 1. The van der Waals surface area contributed by atoms with Crippen LogP contribution < -0.4 is 11.1 Å². The van der Waals surface area contributed by atoms with E-state index in [1.54, 1.807) is 0 Å². The summed E-state index contributed by atoms with van der Waals surface area (Å²) in [6.45, 7) is 0. The van der Waals surface area contributed by atoms with Gasteiger partial charge in [-0.2, -0.15) is 0 Å². The molecule has 0 bridgehead atoms. The lowest BCUT2D eigenvalue weighted by Gasteiger charge is -2.11. The molecule has 0 radical (unpaired) electrons. The minimum atomic E-state index is -1.37. The molecule has 2 rings (SSSR count). The van der Waals surface area contributed by atoms with Gasteiger partial charge in [-0.15, -0.1) is 0 Å². The first-order valence-electron chi connectivity index (χ1n) is 6.05. The Morgan fingerprint density at radius 3 is 2.74 bits per heavy atom. The number of carboxylic acids is 1. The van der Waals surface area contributed by atoms with Crippen molar-refractivity contribution in [3.05, 3.63) is 29.6 Å². The first-order chi connectivity index (χ1) is 8.97. The molecule has 1 unspecified atom stereocenters. The zero-order valence-corrected chi connectivity index (χ0v) is 10.2. The van der Waals surface area contributed by atoms with Crippen molar-refractivity contribution in [3.63, 3.8) is 0 Å². The Hall–Kier alpha value is -1.95. The highest BCUT2D eigenvalue weighted by Crippen LogP contribution is 2.32. The lowest BCUT2D eigenvalue weighted by atomic mass is 10.1. The third-order valence-corrected chi connectivity index (χ3v) is 3.13. The predicted octanol–water partition coefficient (Wildman–Crippen LogP) is 1.59. The van der Waals surface area contributed by atoms with Crippen molar-refractivity contribution >= 4 is 17.6 Å². The molecular weight excluding hydrogens is 251 g/mol. The molecule has 0 spiro atoms. The zero-order chi connectivity index (χ0) is 14.0. The number of halogens is 1. The van der Waals surface area contributed by atoms with E-state index >= 15 is 0 Å². The number of benzene rings is 1. The summed E-state index contributed by atoms with van der Waals surface area (Å²) in [5.41, 5.74) is 5.61. The maximum absolute atomic E-state index is 13.2. The Labute approximate surface area is 109 Å². The highest BCUT2D eigenvalue weighted by Gasteiger charge is 2.29. The van der Waals surface area contributed by atoms with Crippen molar-refractivity contribution in [2.45, 2.75) is 25.3 Å². The molecule has 0 aromatic heterocycles. The number of carbonyl (C=O) groups excluding carboxylic acids is 1. The van der Waals surface area contributed by atoms with Crippen molar-refractivity contribution in [1.29, 1.82) is 0 Å². The number of nitrogens with two attached hydrogens (primary N) is 1. The Bertz CT molecular complexity index is 515. The number of hydrogen-bond acceptors (Lipinski definition) is 3. The van der Waals surface area contributed by atoms with Crippen LogP contribution in [0.3, 0.4) is 0 Å². The van der Waals surface area contributed by atoms with Gasteiger partial charge in [0.05, 0.1) is 5.56 Å². The van der Waals surface area contributed by atoms with Crippen LogP contribution in [0.4, 0.5) is 10.1 Å². The van der Waals surface area contributed by atoms with Gasteiger partial charge in [-0.25, -0.2) is 9.18 Å². The van der Waals surface area contributed by atoms with Crippen molar-refractivity contribution in [1.82, 2.24) is 0 Å². The fraction of sp³-hybridized carbons (Fsp3) is 0.385. The SMILES string of the molecule is NC(CC(=O)Nc1ccc(F)c(C(=O)O)c1)C1CC1. The topological polar surface area (TPSA) is 92.4 Å². The summed E-state index contributed by atoms with van der Waals surface area (Å²) >= 11 is 0. The highest BCUT2D eigenvalue weighted by molar-refractivity contribution is 5.94. The molecule has 1 fully saturated rings. The van der Waals surface area contributed by atoms with E-state index in [2.05, 4.69) is 5.32 Å². The standard InChI is InChI=1S/C13H15FN2O3/c14-10-4-3-8(5-9(10)13(18)19)16-12(17)6-11(15)7-1-2-7/h3-5,7,11H,1-2,6,15H2,(H,16,17)(H,18,19). The summed E-state index contributed by atoms with van der Waals surface area (Å²) in [6, 6.07) is 3.26. The number of hydrogen-bond donors (Lipinski definition) is 3. The highest BCUT2D eigenvalue weighted by atomic mass is 19.1. The molecule has 6 heteroatoms. The van der Waals surface area contributed by atoms with Crippen molar-refractivity contribution < 1.29 is 19.1 Å². The van der Waals surface area contributed by atoms with Gasteiger partial charge in [-0.1, -0.05) is 0 Å². The fourth-order valence-corrected chi connectivity index (χ4v) is 1.88. The maximum Gasteiger partial charge on any atom is 0.338 e. The van der Waals surface area contributed by atoms with Crippen LogP contribution in [0.2, 0.25) is 0 Å². The molecule has 1 aliphatic carbocycles. The van der Waals surface area contributed by atoms with Crippen LogP contribution in [0.15, 0.2) is 18.2 Å². The molecule has 0 aliphatic heterocycles. The molecule has 1 saturated carbocycles. The van der Waals surface area contributed by atoms with Gasteiger partial charge in [0.15, 0.2) is 0 Å². The van der Waals surface area contributed by atoms with Gasteiger partial charge in [0, 0.05) is 18.2 Å². The second-order valence-electron chi connectivity index (χ2n) is 4.75. The first-order valence-corrected chi connectivity index (χ1v) is 6.05. The quantitative estimate of drug-likeness (QED) is 0.754. The normalized spacial score (nSPS) is 15.9. The van der Waals surface area contributed by atoms with Gasteiger partial charge in [0.2, 0.25) is 5.91 Å². The average molecular weight is 266 g/mol. The largest absolute Gasteiger partial charge is 0.478 e. The van der Waals surface area contributed by atoms with Crippen LogP contribution in [-0.2, 0) is 4.79 Å². The lowest BCUT2D eigenvalue weighted by molar-refractivity contribution is -0.116. The number of aromatic carboxylic acids is 1. The third kappa shape index (κ3) is 3.51. The maximum atomic E-state index is 13.2. The fourth-order valence-electron chi connectivity index (χ4n) is 1.88. The molecule has 1 amide bonds. The summed E-state index contributed by atoms with van der Waals surface area (Å²) in [7, 11) is 0. The molecule has 1 atom stereocenters. The van der Waals surface area contributed by atoms with Crippen LogP contribution in [0.1, 0.15) is 29.6 Å². The smallest absolute Gasteiger partial charge is 0.338 e. The Morgan fingerprint density at radius 2 is 2.16 bits per heavy atom. The van der Waals surface area contributed by atoms with Crippen molar-refractivity contribution in [2.24, 2.45) is 11.7 Å². The Kier molecular flexibility index (Phi) is 3.80. The molecule has 0 heterocycles. The molecule has 4 N–H and O–H groups in total. The van der Waals surface area contributed by atoms with E-state index < -0.39 is 17.3 Å². The van der Waals surface area contributed by atoms with Crippen molar-refractivity contribution in [3.8, 4) is 0 Å². The minimum Gasteiger partial charge on any atom is -0.478 e. The van der Waals surface area contributed by atoms with E-state index in [1.807, 2.05) is 0 Å². The van der Waals surface area contributed by atoms with E-state index in [0.29, 0.717) is 5.92 Å². The Balaban J connectivity index is 2.00. The molecule has 1 aliphatic rings. The van der Waals surface area contributed by atoms with Gasteiger partial charge in [0.1, 0.15) is 5.82 Å². The van der Waals surface area contributed by atoms with Crippen LogP contribution in [0, 0.1) is 11.7 Å². The number of carbonyl (C=O) groups is 2. The van der Waals surface area contributed by atoms with Gasteiger partial charge in [-0.05, 0) is 37.0 Å². The molecule has 1 aromatic carbocycles. The first kappa shape index (κ1) is 13.5. The summed E-state index contributed by atoms with van der Waals surface area (Å²) in [5, 5.41) is 11.3. The van der Waals surface area contributed by atoms with Gasteiger partial charge >= 0.3 is 5.97 Å². The second-order valence-corrected chi connectivity index (χ2v) is 4.75. The van der Waals surface area contributed by atoms with Crippen LogP contribution >= 0.6 is 0 Å². The average Bonchev–Trinajstić information content (AvgIpc) is 3.15. The minimum absolute atomic E-state index is 0.167. The van der Waals surface area contributed by atoms with Gasteiger partial charge < -0.3 is 16.2 Å². The van der Waals surface area contributed by atoms with E-state index in [-0.39, 0.29) is 24.1 Å². The summed E-state index contributed by atoms with van der Waals surface area (Å²) < 4.78 is 13.2. The molecule has 5 nitrogen and oxygen atoms in total.